The van der Waals surface area contributed by atoms with E-state index in [1.165, 1.54) is 0 Å². The molecule has 2 N–H and O–H groups in total. The van der Waals surface area contributed by atoms with Gasteiger partial charge < -0.3 is 20.1 Å². The number of aromatic nitrogens is 2. The topological polar surface area (TPSA) is 77.4 Å². The summed E-state index contributed by atoms with van der Waals surface area (Å²) < 4.78 is 12.5. The maximum atomic E-state index is 12.3. The van der Waals surface area contributed by atoms with E-state index in [9.17, 15) is 4.79 Å². The van der Waals surface area contributed by atoms with E-state index in [1.807, 2.05) is 28.9 Å². The minimum Gasteiger partial charge on any atom is -0.454 e. The zero-order valence-corrected chi connectivity index (χ0v) is 14.0. The lowest BCUT2D eigenvalue weighted by molar-refractivity contribution is -0.122. The zero-order chi connectivity index (χ0) is 17.1. The number of hydrogen-bond donors (Lipinski definition) is 2. The van der Waals surface area contributed by atoms with Gasteiger partial charge in [-0.15, -0.1) is 0 Å². The molecule has 1 aromatic carbocycles. The summed E-state index contributed by atoms with van der Waals surface area (Å²) in [5.74, 6) is 1.85. The molecule has 132 valence electrons. The number of benzene rings is 1. The summed E-state index contributed by atoms with van der Waals surface area (Å²) >= 11 is 0. The minimum absolute atomic E-state index is 0.0496. The lowest BCUT2D eigenvalue weighted by Crippen LogP contribution is -2.32. The summed E-state index contributed by atoms with van der Waals surface area (Å²) in [5, 5.41) is 10.7. The Morgan fingerprint density at radius 2 is 2.24 bits per heavy atom. The van der Waals surface area contributed by atoms with Crippen LogP contribution >= 0.6 is 0 Å². The minimum atomic E-state index is -0.0496. The number of carbonyl (C=O) groups is 1. The quantitative estimate of drug-likeness (QED) is 0.859. The Morgan fingerprint density at radius 3 is 3.12 bits per heavy atom. The first-order valence-corrected chi connectivity index (χ1v) is 8.67. The first-order chi connectivity index (χ1) is 12.3. The third kappa shape index (κ3) is 3.61. The monoisotopic (exact) mass is 342 g/mol. The molecule has 0 unspecified atom stereocenters. The highest BCUT2D eigenvalue weighted by atomic mass is 16.7. The van der Waals surface area contributed by atoms with Crippen molar-refractivity contribution in [2.24, 2.45) is 0 Å². The van der Waals surface area contributed by atoms with Crippen LogP contribution in [0, 0.1) is 0 Å². The van der Waals surface area contributed by atoms with E-state index >= 15 is 0 Å². The molecule has 2 aliphatic rings. The number of nitrogens with zero attached hydrogens (tertiary/aromatic N) is 2. The number of amides is 1. The van der Waals surface area contributed by atoms with E-state index in [-0.39, 0.29) is 19.2 Å². The second-order valence-corrected chi connectivity index (χ2v) is 6.42. The van der Waals surface area contributed by atoms with Gasteiger partial charge in [-0.3, -0.25) is 9.48 Å². The van der Waals surface area contributed by atoms with Crippen molar-refractivity contribution in [2.45, 2.75) is 31.8 Å². The van der Waals surface area contributed by atoms with Crippen molar-refractivity contribution in [1.29, 1.82) is 0 Å². The summed E-state index contributed by atoms with van der Waals surface area (Å²) in [7, 11) is 0. The van der Waals surface area contributed by atoms with Crippen LogP contribution in [0.4, 0.5) is 0 Å². The third-order valence-corrected chi connectivity index (χ3v) is 4.68. The highest BCUT2D eigenvalue weighted by Crippen LogP contribution is 2.32. The van der Waals surface area contributed by atoms with Crippen molar-refractivity contribution in [1.82, 2.24) is 20.4 Å². The smallest absolute Gasteiger partial charge is 0.242 e. The Labute approximate surface area is 146 Å². The van der Waals surface area contributed by atoms with Crippen LogP contribution in [0.3, 0.4) is 0 Å². The molecule has 1 aromatic heterocycles. The van der Waals surface area contributed by atoms with E-state index in [1.54, 1.807) is 6.20 Å². The standard InChI is InChI=1S/C18H22N4O3/c23-18(20-9-13-3-4-16-17(8-13)25-12-24-16)11-22-15(5-7-21-22)14-2-1-6-19-10-14/h3-5,7-8,14,19H,1-2,6,9-12H2,(H,20,23)/t14-/m0/s1. The third-order valence-electron chi connectivity index (χ3n) is 4.68. The Morgan fingerprint density at radius 1 is 1.32 bits per heavy atom. The van der Waals surface area contributed by atoms with Gasteiger partial charge in [0.2, 0.25) is 12.7 Å². The van der Waals surface area contributed by atoms with Crippen LogP contribution < -0.4 is 20.1 Å². The molecule has 7 nitrogen and oxygen atoms in total. The fourth-order valence-corrected chi connectivity index (χ4v) is 3.37. The SMILES string of the molecule is O=C(Cn1nccc1[C@H]1CCCNC1)NCc1ccc2c(c1)OCO2. The molecule has 0 saturated carbocycles. The average molecular weight is 342 g/mol. The zero-order valence-electron chi connectivity index (χ0n) is 14.0. The van der Waals surface area contributed by atoms with Crippen molar-refractivity contribution in [3.05, 3.63) is 41.7 Å². The van der Waals surface area contributed by atoms with Crippen LogP contribution in [0.5, 0.6) is 11.5 Å². The summed E-state index contributed by atoms with van der Waals surface area (Å²) in [6.45, 7) is 2.97. The number of nitrogens with one attached hydrogen (secondary N) is 2. The van der Waals surface area contributed by atoms with Crippen LogP contribution in [0.25, 0.3) is 0 Å². The van der Waals surface area contributed by atoms with E-state index in [2.05, 4.69) is 15.7 Å². The van der Waals surface area contributed by atoms with E-state index < -0.39 is 0 Å². The molecule has 1 amide bonds. The van der Waals surface area contributed by atoms with Gasteiger partial charge in [0.1, 0.15) is 6.54 Å². The normalized spacial score (nSPS) is 19.0. The summed E-state index contributed by atoms with van der Waals surface area (Å²) in [6, 6.07) is 7.71. The molecule has 4 rings (SSSR count). The summed E-state index contributed by atoms with van der Waals surface area (Å²) in [4.78, 5) is 12.3. The van der Waals surface area contributed by atoms with Gasteiger partial charge in [0.05, 0.1) is 0 Å². The second kappa shape index (κ2) is 7.14. The van der Waals surface area contributed by atoms with Crippen molar-refractivity contribution in [3.63, 3.8) is 0 Å². The molecule has 2 aromatic rings. The molecule has 2 aliphatic heterocycles. The largest absolute Gasteiger partial charge is 0.454 e. The van der Waals surface area contributed by atoms with Crippen LogP contribution in [-0.4, -0.2) is 35.6 Å². The summed E-state index contributed by atoms with van der Waals surface area (Å²) in [5.41, 5.74) is 2.11. The van der Waals surface area contributed by atoms with Crippen molar-refractivity contribution >= 4 is 5.91 Å². The molecule has 0 spiro atoms. The van der Waals surface area contributed by atoms with E-state index in [0.717, 1.165) is 48.7 Å². The van der Waals surface area contributed by atoms with Gasteiger partial charge in [-0.2, -0.15) is 5.10 Å². The van der Waals surface area contributed by atoms with Crippen LogP contribution in [0.2, 0.25) is 0 Å². The van der Waals surface area contributed by atoms with Crippen LogP contribution in [0.1, 0.15) is 30.0 Å². The Bertz CT molecular complexity index is 753. The molecule has 1 atom stereocenters. The number of carbonyl (C=O) groups excluding carboxylic acids is 1. The first-order valence-electron chi connectivity index (χ1n) is 8.67. The number of ether oxygens (including phenoxy) is 2. The number of piperidine rings is 1. The van der Waals surface area contributed by atoms with Gasteiger partial charge in [0.25, 0.3) is 0 Å². The number of fused-ring (bicyclic) bond motifs is 1. The van der Waals surface area contributed by atoms with Crippen molar-refractivity contribution in [3.8, 4) is 11.5 Å². The predicted octanol–water partition coefficient (Wildman–Crippen LogP) is 1.40. The molecule has 1 saturated heterocycles. The number of rotatable bonds is 5. The average Bonchev–Trinajstić information content (AvgIpc) is 3.29. The summed E-state index contributed by atoms with van der Waals surface area (Å²) in [6.07, 6.45) is 4.07. The fourth-order valence-electron chi connectivity index (χ4n) is 3.37. The number of hydrogen-bond acceptors (Lipinski definition) is 5. The van der Waals surface area contributed by atoms with Gasteiger partial charge in [-0.1, -0.05) is 6.07 Å². The van der Waals surface area contributed by atoms with Gasteiger partial charge in [-0.05, 0) is 43.1 Å². The molecular formula is C18H22N4O3. The predicted molar refractivity (Wildman–Crippen MR) is 91.5 cm³/mol. The van der Waals surface area contributed by atoms with Crippen molar-refractivity contribution in [2.75, 3.05) is 19.9 Å². The Kier molecular flexibility index (Phi) is 4.56. The highest BCUT2D eigenvalue weighted by Gasteiger charge is 2.20. The van der Waals surface area contributed by atoms with E-state index in [0.29, 0.717) is 12.5 Å². The van der Waals surface area contributed by atoms with Gasteiger partial charge in [0, 0.05) is 30.9 Å². The maximum absolute atomic E-state index is 12.3. The highest BCUT2D eigenvalue weighted by molar-refractivity contribution is 5.75. The van der Waals surface area contributed by atoms with Gasteiger partial charge in [0.15, 0.2) is 11.5 Å². The second-order valence-electron chi connectivity index (χ2n) is 6.42. The molecule has 1 fully saturated rings. The Hall–Kier alpha value is -2.54. The molecule has 3 heterocycles. The van der Waals surface area contributed by atoms with Crippen LogP contribution in [0.15, 0.2) is 30.5 Å². The van der Waals surface area contributed by atoms with Gasteiger partial charge >= 0.3 is 0 Å². The van der Waals surface area contributed by atoms with Gasteiger partial charge in [-0.25, -0.2) is 0 Å². The lowest BCUT2D eigenvalue weighted by atomic mass is 9.96. The molecule has 0 radical (unpaired) electrons. The first kappa shape index (κ1) is 16.0. The Balaban J connectivity index is 1.34. The molecule has 0 bridgehead atoms. The molecule has 7 heteroatoms. The van der Waals surface area contributed by atoms with E-state index in [4.69, 9.17) is 9.47 Å². The molecular weight excluding hydrogens is 320 g/mol. The fraction of sp³-hybridized carbons (Fsp3) is 0.444. The maximum Gasteiger partial charge on any atom is 0.242 e. The van der Waals surface area contributed by atoms with Crippen molar-refractivity contribution < 1.29 is 14.3 Å². The molecule has 0 aliphatic carbocycles. The lowest BCUT2D eigenvalue weighted by Gasteiger charge is -2.23. The van der Waals surface area contributed by atoms with Crippen LogP contribution in [-0.2, 0) is 17.9 Å². The molecule has 25 heavy (non-hydrogen) atoms.